The second-order valence-corrected chi connectivity index (χ2v) is 6.10. The van der Waals surface area contributed by atoms with Crippen LogP contribution in [0.15, 0.2) is 41.6 Å². The van der Waals surface area contributed by atoms with Crippen molar-refractivity contribution >= 4 is 17.7 Å². The summed E-state index contributed by atoms with van der Waals surface area (Å²) in [5.74, 6) is 0.0626. The monoisotopic (exact) mass is 303 g/mol. The van der Waals surface area contributed by atoms with Crippen molar-refractivity contribution in [3.05, 3.63) is 47.8 Å². The summed E-state index contributed by atoms with van der Waals surface area (Å²) in [6, 6.07) is 7.99. The maximum Gasteiger partial charge on any atom is 0.247 e. The number of nitrogens with zero attached hydrogens (tertiary/aromatic N) is 3. The van der Waals surface area contributed by atoms with Crippen LogP contribution >= 0.6 is 11.8 Å². The van der Waals surface area contributed by atoms with Crippen LogP contribution in [0.3, 0.4) is 0 Å². The topological polar surface area (TPSA) is 38.1 Å². The van der Waals surface area contributed by atoms with E-state index in [0.29, 0.717) is 6.54 Å². The van der Waals surface area contributed by atoms with Crippen molar-refractivity contribution in [3.8, 4) is 0 Å². The van der Waals surface area contributed by atoms with E-state index in [9.17, 15) is 4.79 Å². The van der Waals surface area contributed by atoms with E-state index in [0.717, 1.165) is 11.1 Å². The molecule has 2 rings (SSSR count). The lowest BCUT2D eigenvalue weighted by molar-refractivity contribution is -0.133. The molecule has 0 bridgehead atoms. The highest BCUT2D eigenvalue weighted by atomic mass is 32.2. The Labute approximate surface area is 130 Å². The van der Waals surface area contributed by atoms with Gasteiger partial charge in [0.05, 0.1) is 6.20 Å². The van der Waals surface area contributed by atoms with Gasteiger partial charge in [-0.05, 0) is 43.4 Å². The van der Waals surface area contributed by atoms with Gasteiger partial charge in [-0.3, -0.25) is 9.48 Å². The molecule has 4 nitrogen and oxygen atoms in total. The molecule has 1 amide bonds. The summed E-state index contributed by atoms with van der Waals surface area (Å²) < 4.78 is 1.71. The lowest BCUT2D eigenvalue weighted by Gasteiger charge is -2.22. The molecule has 21 heavy (non-hydrogen) atoms. The van der Waals surface area contributed by atoms with Crippen LogP contribution in [-0.2, 0) is 11.3 Å². The molecule has 112 valence electrons. The minimum absolute atomic E-state index is 0.0626. The lowest BCUT2D eigenvalue weighted by atomic mass is 10.2. The standard InChI is InChI=1S/C16H21N3OS/c1-12-9-17-19(10-12)13(2)16(20)18(3)11-14-6-5-7-15(8-14)21-4/h5-10,13H,11H2,1-4H3/t13-/m0/s1. The largest absolute Gasteiger partial charge is 0.340 e. The molecule has 0 N–H and O–H groups in total. The maximum atomic E-state index is 12.5. The van der Waals surface area contributed by atoms with Crippen molar-refractivity contribution < 1.29 is 4.79 Å². The highest BCUT2D eigenvalue weighted by Crippen LogP contribution is 2.18. The normalized spacial score (nSPS) is 12.2. The van der Waals surface area contributed by atoms with Crippen molar-refractivity contribution in [2.45, 2.75) is 31.3 Å². The van der Waals surface area contributed by atoms with Gasteiger partial charge < -0.3 is 4.90 Å². The summed E-state index contributed by atoms with van der Waals surface area (Å²) >= 11 is 1.71. The zero-order chi connectivity index (χ0) is 15.4. The Morgan fingerprint density at radius 2 is 2.24 bits per heavy atom. The smallest absolute Gasteiger partial charge is 0.247 e. The quantitative estimate of drug-likeness (QED) is 0.797. The van der Waals surface area contributed by atoms with Gasteiger partial charge in [0.25, 0.3) is 0 Å². The number of benzene rings is 1. The van der Waals surface area contributed by atoms with Gasteiger partial charge in [-0.25, -0.2) is 0 Å². The SMILES string of the molecule is CSc1cccc(CN(C)C(=O)[C@H](C)n2cc(C)cn2)c1. The summed E-state index contributed by atoms with van der Waals surface area (Å²) in [6.45, 7) is 4.46. The zero-order valence-electron chi connectivity index (χ0n) is 12.9. The first-order valence-electron chi connectivity index (χ1n) is 6.90. The van der Waals surface area contributed by atoms with E-state index in [-0.39, 0.29) is 11.9 Å². The molecule has 0 aliphatic rings. The van der Waals surface area contributed by atoms with Crippen LogP contribution in [0.5, 0.6) is 0 Å². The number of carbonyl (C=O) groups is 1. The first kappa shape index (κ1) is 15.6. The molecular formula is C16H21N3OS. The van der Waals surface area contributed by atoms with Gasteiger partial charge in [0.15, 0.2) is 0 Å². The molecule has 0 saturated heterocycles. The predicted octanol–water partition coefficient (Wildman–Crippen LogP) is 3.13. The Bertz CT molecular complexity index is 623. The van der Waals surface area contributed by atoms with E-state index in [2.05, 4.69) is 23.5 Å². The second-order valence-electron chi connectivity index (χ2n) is 5.22. The summed E-state index contributed by atoms with van der Waals surface area (Å²) in [4.78, 5) is 15.4. The first-order valence-corrected chi connectivity index (χ1v) is 8.12. The van der Waals surface area contributed by atoms with Gasteiger partial charge in [0.2, 0.25) is 5.91 Å². The summed E-state index contributed by atoms with van der Waals surface area (Å²) in [5.41, 5.74) is 2.20. The van der Waals surface area contributed by atoms with Crippen LogP contribution in [0.25, 0.3) is 0 Å². The number of likely N-dealkylation sites (N-methyl/N-ethyl adjacent to an activating group) is 1. The minimum atomic E-state index is -0.285. The fourth-order valence-corrected chi connectivity index (χ4v) is 2.68. The van der Waals surface area contributed by atoms with Gasteiger partial charge >= 0.3 is 0 Å². The van der Waals surface area contributed by atoms with Gasteiger partial charge in [0.1, 0.15) is 6.04 Å². The van der Waals surface area contributed by atoms with E-state index >= 15 is 0 Å². The van der Waals surface area contributed by atoms with Crippen molar-refractivity contribution in [1.29, 1.82) is 0 Å². The van der Waals surface area contributed by atoms with Crippen LogP contribution in [-0.4, -0.2) is 33.9 Å². The van der Waals surface area contributed by atoms with Crippen LogP contribution in [0.2, 0.25) is 0 Å². The van der Waals surface area contributed by atoms with Gasteiger partial charge in [-0.1, -0.05) is 12.1 Å². The third kappa shape index (κ3) is 3.88. The number of rotatable bonds is 5. The summed E-state index contributed by atoms with van der Waals surface area (Å²) in [7, 11) is 1.83. The molecule has 5 heteroatoms. The lowest BCUT2D eigenvalue weighted by Crippen LogP contribution is -2.33. The van der Waals surface area contributed by atoms with Gasteiger partial charge in [0, 0.05) is 24.7 Å². The average Bonchev–Trinajstić information content (AvgIpc) is 2.92. The molecule has 1 aromatic carbocycles. The summed E-state index contributed by atoms with van der Waals surface area (Å²) in [5, 5.41) is 4.22. The summed E-state index contributed by atoms with van der Waals surface area (Å²) in [6.07, 6.45) is 5.71. The Kier molecular flexibility index (Phi) is 5.07. The van der Waals surface area contributed by atoms with Crippen molar-refractivity contribution in [2.75, 3.05) is 13.3 Å². The zero-order valence-corrected chi connectivity index (χ0v) is 13.7. The van der Waals surface area contributed by atoms with E-state index in [4.69, 9.17) is 0 Å². The first-order chi connectivity index (χ1) is 10.0. The minimum Gasteiger partial charge on any atom is -0.340 e. The fraction of sp³-hybridized carbons (Fsp3) is 0.375. The molecule has 1 aromatic heterocycles. The van der Waals surface area contributed by atoms with Crippen molar-refractivity contribution in [3.63, 3.8) is 0 Å². The molecule has 2 aromatic rings. The van der Waals surface area contributed by atoms with Gasteiger partial charge in [-0.2, -0.15) is 5.10 Å². The van der Waals surface area contributed by atoms with E-state index in [1.807, 2.05) is 39.2 Å². The fourth-order valence-electron chi connectivity index (χ4n) is 2.20. The van der Waals surface area contributed by atoms with Crippen LogP contribution in [0.4, 0.5) is 0 Å². The highest BCUT2D eigenvalue weighted by Gasteiger charge is 2.19. The molecule has 0 aliphatic heterocycles. The number of aromatic nitrogens is 2. The van der Waals surface area contributed by atoms with Crippen molar-refractivity contribution in [2.24, 2.45) is 0 Å². The van der Waals surface area contributed by atoms with Crippen LogP contribution in [0, 0.1) is 6.92 Å². The second kappa shape index (κ2) is 6.80. The number of thioether (sulfide) groups is 1. The van der Waals surface area contributed by atoms with Crippen molar-refractivity contribution in [1.82, 2.24) is 14.7 Å². The molecule has 0 unspecified atom stereocenters. The average molecular weight is 303 g/mol. The number of carbonyl (C=O) groups excluding carboxylic acids is 1. The number of hydrogen-bond donors (Lipinski definition) is 0. The molecule has 0 radical (unpaired) electrons. The Balaban J connectivity index is 2.05. The molecular weight excluding hydrogens is 282 g/mol. The van der Waals surface area contributed by atoms with Crippen LogP contribution in [0.1, 0.15) is 24.1 Å². The van der Waals surface area contributed by atoms with E-state index < -0.39 is 0 Å². The molecule has 0 spiro atoms. The molecule has 1 heterocycles. The number of amides is 1. The Morgan fingerprint density at radius 3 is 2.86 bits per heavy atom. The van der Waals surface area contributed by atoms with E-state index in [1.165, 1.54) is 4.90 Å². The number of aryl methyl sites for hydroxylation is 1. The Hall–Kier alpha value is -1.75. The Morgan fingerprint density at radius 1 is 1.48 bits per heavy atom. The molecule has 0 saturated carbocycles. The number of hydrogen-bond acceptors (Lipinski definition) is 3. The predicted molar refractivity (Wildman–Crippen MR) is 86.4 cm³/mol. The molecule has 0 fully saturated rings. The third-order valence-electron chi connectivity index (χ3n) is 3.41. The third-order valence-corrected chi connectivity index (χ3v) is 4.14. The van der Waals surface area contributed by atoms with Gasteiger partial charge in [-0.15, -0.1) is 11.8 Å². The van der Waals surface area contributed by atoms with Crippen LogP contribution < -0.4 is 0 Å². The van der Waals surface area contributed by atoms with E-state index in [1.54, 1.807) is 27.5 Å². The maximum absolute atomic E-state index is 12.5. The molecule has 1 atom stereocenters. The highest BCUT2D eigenvalue weighted by molar-refractivity contribution is 7.98. The molecule has 0 aliphatic carbocycles.